The van der Waals surface area contributed by atoms with Gasteiger partial charge in [-0.05, 0) is 174 Å². The summed E-state index contributed by atoms with van der Waals surface area (Å²) < 4.78 is 11.1. The third kappa shape index (κ3) is 7.05. The van der Waals surface area contributed by atoms with Gasteiger partial charge >= 0.3 is 11.9 Å². The van der Waals surface area contributed by atoms with Crippen molar-refractivity contribution >= 4 is 23.4 Å². The maximum atomic E-state index is 14.5. The molecule has 0 aromatic heterocycles. The normalized spacial score (nSPS) is 36.4. The van der Waals surface area contributed by atoms with E-state index in [0.717, 1.165) is 50.6 Å². The summed E-state index contributed by atoms with van der Waals surface area (Å²) >= 11 is 0. The van der Waals surface area contributed by atoms with Gasteiger partial charge in [0.2, 0.25) is 5.91 Å². The molecule has 1 amide bonds. The first-order valence-corrected chi connectivity index (χ1v) is 21.5. The Kier molecular flexibility index (Phi) is 11.2. The van der Waals surface area contributed by atoms with E-state index in [9.17, 15) is 14.4 Å². The summed E-state index contributed by atoms with van der Waals surface area (Å²) in [4.78, 5) is 42.2. The molecule has 0 radical (unpaired) electrons. The van der Waals surface area contributed by atoms with E-state index in [1.54, 1.807) is 0 Å². The van der Waals surface area contributed by atoms with Crippen molar-refractivity contribution in [3.63, 3.8) is 0 Å². The van der Waals surface area contributed by atoms with Crippen molar-refractivity contribution in [3.05, 3.63) is 53.6 Å². The monoisotopic (exact) mass is 757 g/mol. The lowest BCUT2D eigenvalue weighted by Crippen LogP contribution is -2.66. The Morgan fingerprint density at radius 1 is 0.891 bits per heavy atom. The van der Waals surface area contributed by atoms with Gasteiger partial charge in [0, 0.05) is 13.1 Å². The number of hydrogen-bond donors (Lipinski definition) is 1. The molecule has 1 aromatic rings. The van der Waals surface area contributed by atoms with E-state index in [0.29, 0.717) is 36.5 Å². The maximum absolute atomic E-state index is 14.5. The molecule has 5 aliphatic carbocycles. The molecule has 304 valence electrons. The minimum atomic E-state index is -0.529. The molecule has 0 spiro atoms. The molecule has 0 saturated heterocycles. The molecular weight excluding hydrogens is 685 g/mol. The number of nitrogens with one attached hydrogen (secondary N) is 1. The number of carbonyl (C=O) groups is 3. The van der Waals surface area contributed by atoms with Crippen LogP contribution in [0.15, 0.2) is 42.5 Å². The molecule has 55 heavy (non-hydrogen) atoms. The first-order chi connectivity index (χ1) is 25.6. The number of carbonyl (C=O) groups excluding carboxylic acids is 3. The second kappa shape index (κ2) is 14.8. The Bertz CT molecular complexity index is 1690. The number of amides is 1. The van der Waals surface area contributed by atoms with E-state index in [2.05, 4.69) is 69.6 Å². The van der Waals surface area contributed by atoms with Crippen LogP contribution < -0.4 is 5.32 Å². The number of benzene rings is 1. The van der Waals surface area contributed by atoms with Crippen molar-refractivity contribution in [1.29, 1.82) is 0 Å². The highest BCUT2D eigenvalue weighted by Crippen LogP contribution is 2.77. The zero-order valence-electron chi connectivity index (χ0n) is 36.2. The number of ether oxygens (including phenoxy) is 2. The minimum absolute atomic E-state index is 0.0345. The lowest BCUT2D eigenvalue weighted by molar-refractivity contribution is -0.225. The van der Waals surface area contributed by atoms with E-state index in [-0.39, 0.29) is 57.8 Å². The molecule has 4 fully saturated rings. The molecule has 0 unspecified atom stereocenters. The lowest BCUT2D eigenvalue weighted by Gasteiger charge is -2.72. The minimum Gasteiger partial charge on any atom is -0.466 e. The summed E-state index contributed by atoms with van der Waals surface area (Å²) in [6.07, 6.45) is 12.2. The van der Waals surface area contributed by atoms with Gasteiger partial charge in [0.05, 0.1) is 24.0 Å². The van der Waals surface area contributed by atoms with Gasteiger partial charge in [-0.1, -0.05) is 65.0 Å². The first-order valence-electron chi connectivity index (χ1n) is 21.5. The molecule has 0 bridgehead atoms. The van der Waals surface area contributed by atoms with Gasteiger partial charge in [0.15, 0.2) is 0 Å². The SMILES string of the molecule is C=C(CC(=O)OCC)[C@@H]1CC[C@]2(C(=O)NCCN(C)C)CC[C@]3(C)[C@H](CC[C@@H]4[C@@]5(C)CC=C(c6ccc(C(=O)OC(C)(C)C)cc6)C(C)(C)[C@@H]5CC[C@]43C)[C@@H]12. The zero-order chi connectivity index (χ0) is 40.4. The molecule has 6 rings (SSSR count). The van der Waals surface area contributed by atoms with Crippen molar-refractivity contribution in [1.82, 2.24) is 10.2 Å². The van der Waals surface area contributed by atoms with Crippen molar-refractivity contribution in [2.75, 3.05) is 33.8 Å². The smallest absolute Gasteiger partial charge is 0.338 e. The van der Waals surface area contributed by atoms with Gasteiger partial charge in [-0.15, -0.1) is 0 Å². The Balaban J connectivity index is 1.30. The Morgan fingerprint density at radius 3 is 2.22 bits per heavy atom. The van der Waals surface area contributed by atoms with Crippen LogP contribution in [0.2, 0.25) is 0 Å². The van der Waals surface area contributed by atoms with E-state index >= 15 is 0 Å². The third-order valence-corrected chi connectivity index (χ3v) is 16.3. The van der Waals surface area contributed by atoms with E-state index in [1.807, 2.05) is 53.9 Å². The summed E-state index contributed by atoms with van der Waals surface area (Å²) in [6, 6.07) is 8.09. The molecular formula is C48H72N2O5. The number of allylic oxidation sites excluding steroid dienone is 2. The van der Waals surface area contributed by atoms with Gasteiger partial charge in [-0.3, -0.25) is 9.59 Å². The molecule has 0 heterocycles. The fraction of sp³-hybridized carbons (Fsp3) is 0.729. The van der Waals surface area contributed by atoms with Crippen molar-refractivity contribution in [2.24, 2.45) is 56.7 Å². The summed E-state index contributed by atoms with van der Waals surface area (Å²) in [5.74, 6) is 1.54. The average Bonchev–Trinajstić information content (AvgIpc) is 3.49. The molecule has 1 aromatic carbocycles. The third-order valence-electron chi connectivity index (χ3n) is 16.3. The molecule has 7 heteroatoms. The quantitative estimate of drug-likeness (QED) is 0.189. The molecule has 7 nitrogen and oxygen atoms in total. The number of rotatable bonds is 10. The van der Waals surface area contributed by atoms with Gasteiger partial charge in [-0.2, -0.15) is 0 Å². The summed E-state index contributed by atoms with van der Waals surface area (Å²) in [6.45, 7) is 26.7. The number of esters is 2. The summed E-state index contributed by atoms with van der Waals surface area (Å²) in [5, 5.41) is 3.40. The lowest BCUT2D eigenvalue weighted by atomic mass is 9.32. The van der Waals surface area contributed by atoms with Crippen LogP contribution in [0.3, 0.4) is 0 Å². The zero-order valence-corrected chi connectivity index (χ0v) is 36.2. The topological polar surface area (TPSA) is 84.9 Å². The Morgan fingerprint density at radius 2 is 1.58 bits per heavy atom. The van der Waals surface area contributed by atoms with Crippen LogP contribution in [0.4, 0.5) is 0 Å². The number of nitrogens with zero attached hydrogens (tertiary/aromatic N) is 1. The number of likely N-dealkylation sites (N-methyl/N-ethyl adjacent to an activating group) is 1. The largest absolute Gasteiger partial charge is 0.466 e. The fourth-order valence-corrected chi connectivity index (χ4v) is 13.8. The predicted octanol–water partition coefficient (Wildman–Crippen LogP) is 9.90. The van der Waals surface area contributed by atoms with Crippen LogP contribution in [0.5, 0.6) is 0 Å². The van der Waals surface area contributed by atoms with Crippen molar-refractivity contribution in [2.45, 2.75) is 132 Å². The second-order valence-electron chi connectivity index (χ2n) is 20.8. The van der Waals surface area contributed by atoms with E-state index < -0.39 is 11.0 Å². The first kappa shape index (κ1) is 41.7. The van der Waals surface area contributed by atoms with E-state index in [4.69, 9.17) is 9.47 Å². The molecule has 9 atom stereocenters. The van der Waals surface area contributed by atoms with Gasteiger partial charge < -0.3 is 19.7 Å². The van der Waals surface area contributed by atoms with Gasteiger partial charge in [0.25, 0.3) is 0 Å². The van der Waals surface area contributed by atoms with Crippen LogP contribution in [-0.4, -0.2) is 62.1 Å². The number of hydrogen-bond acceptors (Lipinski definition) is 6. The highest BCUT2D eigenvalue weighted by Gasteiger charge is 2.71. The van der Waals surface area contributed by atoms with Crippen LogP contribution in [0.1, 0.15) is 142 Å². The van der Waals surface area contributed by atoms with Crippen molar-refractivity contribution in [3.8, 4) is 0 Å². The summed E-state index contributed by atoms with van der Waals surface area (Å²) in [5.41, 5.74) is 3.50. The van der Waals surface area contributed by atoms with Crippen LogP contribution in [0, 0.1) is 56.7 Å². The highest BCUT2D eigenvalue weighted by atomic mass is 16.6. The van der Waals surface area contributed by atoms with E-state index in [1.165, 1.54) is 30.4 Å². The van der Waals surface area contributed by atoms with Crippen LogP contribution in [0.25, 0.3) is 5.57 Å². The Labute approximate surface area is 332 Å². The van der Waals surface area contributed by atoms with Gasteiger partial charge in [-0.25, -0.2) is 4.79 Å². The predicted molar refractivity (Wildman–Crippen MR) is 221 cm³/mol. The summed E-state index contributed by atoms with van der Waals surface area (Å²) in [7, 11) is 4.10. The van der Waals surface area contributed by atoms with Gasteiger partial charge in [0.1, 0.15) is 5.60 Å². The molecule has 0 aliphatic heterocycles. The standard InChI is InChI=1S/C48H72N2O5/c1-13-54-39(51)30-31(2)34-20-25-48(42(53)49-28-29-50(11)12)27-26-46(9)36(40(34)48)18-19-38-45(8)23-21-35(44(6,7)37(45)22-24-47(38,46)10)32-14-16-33(17-15-32)41(52)55-43(3,4)5/h14-17,21,34,36-38,40H,2,13,18-20,22-30H2,1,3-12H3,(H,49,53)/t34-,36+,37-,38+,40+,45-,46+,47+,48-/m0/s1. The molecule has 4 saturated carbocycles. The van der Waals surface area contributed by atoms with Crippen LogP contribution in [-0.2, 0) is 19.1 Å². The number of fused-ring (bicyclic) bond motifs is 7. The highest BCUT2D eigenvalue weighted by molar-refractivity contribution is 5.90. The fourth-order valence-electron chi connectivity index (χ4n) is 13.8. The van der Waals surface area contributed by atoms with Crippen molar-refractivity contribution < 1.29 is 23.9 Å². The second-order valence-corrected chi connectivity index (χ2v) is 20.8. The molecule has 1 N–H and O–H groups in total. The van der Waals surface area contributed by atoms with Crippen LogP contribution >= 0.6 is 0 Å². The Hall–Kier alpha value is -2.93. The molecule has 5 aliphatic rings. The average molecular weight is 757 g/mol. The maximum Gasteiger partial charge on any atom is 0.338 e.